The van der Waals surface area contributed by atoms with Crippen molar-refractivity contribution in [1.29, 1.82) is 0 Å². The molecule has 6 rings (SSSR count). The summed E-state index contributed by atoms with van der Waals surface area (Å²) in [5.41, 5.74) is -1.12. The van der Waals surface area contributed by atoms with Crippen LogP contribution in [0.1, 0.15) is 71.3 Å². The van der Waals surface area contributed by atoms with Crippen LogP contribution in [0, 0.1) is 11.3 Å². The number of nitrogens with one attached hydrogen (secondary N) is 3. The first kappa shape index (κ1) is 35.6. The van der Waals surface area contributed by atoms with E-state index in [-0.39, 0.29) is 19.4 Å². The van der Waals surface area contributed by atoms with E-state index in [1.165, 1.54) is 11.0 Å². The van der Waals surface area contributed by atoms with Gasteiger partial charge < -0.3 is 25.2 Å². The van der Waals surface area contributed by atoms with E-state index in [9.17, 15) is 27.6 Å². The zero-order valence-electron chi connectivity index (χ0n) is 29.2. The van der Waals surface area contributed by atoms with Crippen molar-refractivity contribution in [2.45, 2.75) is 101 Å². The Morgan fingerprint density at radius 2 is 1.90 bits per heavy atom. The zero-order chi connectivity index (χ0) is 36.0. The van der Waals surface area contributed by atoms with Crippen LogP contribution in [0.4, 0.5) is 4.79 Å². The Morgan fingerprint density at radius 3 is 2.58 bits per heavy atom. The van der Waals surface area contributed by atoms with Crippen LogP contribution in [0.5, 0.6) is 5.88 Å². The smallest absolute Gasteiger partial charge is 0.317 e. The molecule has 1 aromatic heterocycles. The van der Waals surface area contributed by atoms with E-state index in [0.29, 0.717) is 25.3 Å². The fourth-order valence-corrected chi connectivity index (χ4v) is 8.36. The lowest BCUT2D eigenvalue weighted by molar-refractivity contribution is -0.142. The van der Waals surface area contributed by atoms with E-state index >= 15 is 0 Å². The molecular formula is C36H48N6O7S. The third-order valence-electron chi connectivity index (χ3n) is 10.4. The summed E-state index contributed by atoms with van der Waals surface area (Å²) in [4.78, 5) is 63.1. The highest BCUT2D eigenvalue weighted by molar-refractivity contribution is 7.91. The minimum Gasteiger partial charge on any atom is -0.472 e. The molecule has 2 saturated carbocycles. The van der Waals surface area contributed by atoms with Gasteiger partial charge in [0.1, 0.15) is 23.7 Å². The molecule has 2 aromatic rings. The van der Waals surface area contributed by atoms with Gasteiger partial charge in [0.2, 0.25) is 27.7 Å². The predicted octanol–water partition coefficient (Wildman–Crippen LogP) is 3.03. The second kappa shape index (κ2) is 13.5. The number of sulfonamides is 1. The summed E-state index contributed by atoms with van der Waals surface area (Å²) in [7, 11) is -2.17. The number of benzene rings is 1. The summed E-state index contributed by atoms with van der Waals surface area (Å²) < 4.78 is 34.0. The van der Waals surface area contributed by atoms with Crippen LogP contribution in [-0.4, -0.2) is 96.1 Å². The summed E-state index contributed by atoms with van der Waals surface area (Å²) in [6, 6.07) is 5.62. The van der Waals surface area contributed by atoms with E-state index in [1.54, 1.807) is 18.1 Å². The van der Waals surface area contributed by atoms with E-state index in [0.717, 1.165) is 42.0 Å². The molecule has 4 aliphatic rings. The van der Waals surface area contributed by atoms with Crippen molar-refractivity contribution >= 4 is 44.5 Å². The fourth-order valence-electron chi connectivity index (χ4n) is 6.99. The van der Waals surface area contributed by atoms with Gasteiger partial charge in [0, 0.05) is 37.5 Å². The predicted molar refractivity (Wildman–Crippen MR) is 187 cm³/mol. The number of carbonyl (C=O) groups is 4. The van der Waals surface area contributed by atoms with Crippen LogP contribution < -0.4 is 20.1 Å². The van der Waals surface area contributed by atoms with Gasteiger partial charge in [-0.05, 0) is 67.0 Å². The number of rotatable bonds is 6. The minimum atomic E-state index is -3.87. The molecule has 13 nitrogen and oxygen atoms in total. The van der Waals surface area contributed by atoms with E-state index < -0.39 is 74.1 Å². The summed E-state index contributed by atoms with van der Waals surface area (Å²) in [5, 5.41) is 6.90. The van der Waals surface area contributed by atoms with Gasteiger partial charge in [0.15, 0.2) is 0 Å². The number of aryl methyl sites for hydroxylation is 1. The number of hydrogen-bond donors (Lipinski definition) is 3. The van der Waals surface area contributed by atoms with Crippen LogP contribution in [0.2, 0.25) is 0 Å². The van der Waals surface area contributed by atoms with Crippen molar-refractivity contribution < 1.29 is 32.3 Å². The molecule has 1 aromatic carbocycles. The van der Waals surface area contributed by atoms with E-state index in [2.05, 4.69) is 39.1 Å². The normalized spacial score (nSPS) is 27.9. The lowest BCUT2D eigenvalue weighted by Crippen LogP contribution is -2.61. The van der Waals surface area contributed by atoms with Gasteiger partial charge in [0.25, 0.3) is 5.91 Å². The van der Waals surface area contributed by atoms with Gasteiger partial charge in [-0.15, -0.1) is 6.58 Å². The highest BCUT2D eigenvalue weighted by Gasteiger charge is 2.62. The molecule has 0 radical (unpaired) electrons. The summed E-state index contributed by atoms with van der Waals surface area (Å²) in [5.74, 6) is -2.01. The van der Waals surface area contributed by atoms with Gasteiger partial charge >= 0.3 is 6.03 Å². The Bertz CT molecular complexity index is 1810. The van der Waals surface area contributed by atoms with Crippen LogP contribution in [0.3, 0.4) is 0 Å². The lowest BCUT2D eigenvalue weighted by atomic mass is 9.85. The molecule has 3 N–H and O–H groups in total. The van der Waals surface area contributed by atoms with Crippen molar-refractivity contribution in [3.63, 3.8) is 0 Å². The van der Waals surface area contributed by atoms with Crippen LogP contribution in [0.25, 0.3) is 10.8 Å². The molecular weight excluding hydrogens is 660 g/mol. The Hall–Kier alpha value is -4.20. The molecule has 0 unspecified atom stereocenters. The summed E-state index contributed by atoms with van der Waals surface area (Å²) >= 11 is 0. The van der Waals surface area contributed by atoms with Crippen molar-refractivity contribution in [3.8, 4) is 5.88 Å². The van der Waals surface area contributed by atoms with Crippen LogP contribution in [-0.2, 0) is 30.8 Å². The monoisotopic (exact) mass is 708 g/mol. The number of ether oxygens (including phenoxy) is 1. The average Bonchev–Trinajstić information content (AvgIpc) is 3.99. The average molecular weight is 709 g/mol. The Morgan fingerprint density at radius 1 is 1.14 bits per heavy atom. The molecule has 2 aliphatic carbocycles. The van der Waals surface area contributed by atoms with Crippen molar-refractivity contribution in [3.05, 3.63) is 48.7 Å². The number of aromatic nitrogens is 1. The number of pyridine rings is 1. The highest BCUT2D eigenvalue weighted by atomic mass is 32.2. The zero-order valence-corrected chi connectivity index (χ0v) is 30.1. The first-order valence-corrected chi connectivity index (χ1v) is 19.0. The minimum absolute atomic E-state index is 0.0209. The topological polar surface area (TPSA) is 167 Å². The fraction of sp³-hybridized carbons (Fsp3) is 0.583. The summed E-state index contributed by atoms with van der Waals surface area (Å²) in [6.45, 7) is 9.85. The molecule has 5 amide bonds. The first-order valence-electron chi connectivity index (χ1n) is 17.5. The third-order valence-corrected chi connectivity index (χ3v) is 12.2. The van der Waals surface area contributed by atoms with Crippen molar-refractivity contribution in [1.82, 2.24) is 30.1 Å². The lowest BCUT2D eigenvalue weighted by Gasteiger charge is -2.36. The van der Waals surface area contributed by atoms with Gasteiger partial charge in [-0.25, -0.2) is 18.2 Å². The maximum atomic E-state index is 14.5. The van der Waals surface area contributed by atoms with Crippen molar-refractivity contribution in [2.75, 3.05) is 20.1 Å². The first-order chi connectivity index (χ1) is 23.6. The number of hydrogen-bond acceptors (Lipinski definition) is 8. The molecule has 5 atom stereocenters. The maximum absolute atomic E-state index is 14.5. The standard InChI is InChI=1S/C36H48N6O7S/c1-6-24-20-36(24,33(45)40-50(47,48)26-13-14-26)39-30(43)28-19-25-21-42(28)32(44)29(35(2,3)4)38-34(46)41(5)17-9-7-8-10-22-11-12-23-15-16-37-31(49-25)27(23)18-22/h6,11-12,15-16,18,24-26,28-29H,1,7-10,13-14,17,19-21H2,2-5H3,(H,38,46)(H,39,43)(H,40,45)/t24-,25-,28+,29-,36-/m1/s1. The number of nitrogens with zero attached hydrogens (tertiary/aromatic N) is 3. The third kappa shape index (κ3) is 7.31. The molecule has 3 fully saturated rings. The van der Waals surface area contributed by atoms with Gasteiger partial charge in [0.05, 0.1) is 11.8 Å². The largest absolute Gasteiger partial charge is 0.472 e. The quantitative estimate of drug-likeness (QED) is 0.385. The number of amides is 5. The molecule has 0 spiro atoms. The summed E-state index contributed by atoms with van der Waals surface area (Å²) in [6.07, 6.45) is 7.23. The van der Waals surface area contributed by atoms with Crippen LogP contribution >= 0.6 is 0 Å². The Kier molecular flexibility index (Phi) is 9.61. The molecule has 2 aliphatic heterocycles. The molecule has 270 valence electrons. The molecule has 14 heteroatoms. The Balaban J connectivity index is 1.33. The molecule has 4 bridgehead atoms. The van der Waals surface area contributed by atoms with Crippen LogP contribution in [0.15, 0.2) is 43.1 Å². The SMILES string of the molecule is C=C[C@@H]1C[C@]1(NC(=O)[C@@H]1C[C@@H]2CN1C(=O)[C@H](C(C)(C)C)NC(=O)N(C)CCCCCc1ccc3ccnc(c3c1)O2)C(=O)NS(=O)(=O)C1CC1. The van der Waals surface area contributed by atoms with E-state index in [4.69, 9.17) is 4.74 Å². The molecule has 3 heterocycles. The Labute approximate surface area is 293 Å². The van der Waals surface area contributed by atoms with Gasteiger partial charge in [-0.1, -0.05) is 45.4 Å². The van der Waals surface area contributed by atoms with Gasteiger partial charge in [-0.3, -0.25) is 19.1 Å². The highest BCUT2D eigenvalue weighted by Crippen LogP contribution is 2.45. The second-order valence-electron chi connectivity index (χ2n) is 15.3. The van der Waals surface area contributed by atoms with Crippen molar-refractivity contribution in [2.24, 2.45) is 11.3 Å². The number of fused-ring (bicyclic) bond motifs is 3. The molecule has 50 heavy (non-hydrogen) atoms. The maximum Gasteiger partial charge on any atom is 0.317 e. The number of urea groups is 1. The second-order valence-corrected chi connectivity index (χ2v) is 17.3. The number of carbonyl (C=O) groups excluding carboxylic acids is 4. The molecule has 1 saturated heterocycles. The van der Waals surface area contributed by atoms with Gasteiger partial charge in [-0.2, -0.15) is 0 Å². The van der Waals surface area contributed by atoms with E-state index in [1.807, 2.05) is 32.9 Å².